The van der Waals surface area contributed by atoms with E-state index in [4.69, 9.17) is 0 Å². The molecule has 18 heavy (non-hydrogen) atoms. The summed E-state index contributed by atoms with van der Waals surface area (Å²) in [6.07, 6.45) is 3.55. The van der Waals surface area contributed by atoms with Crippen molar-refractivity contribution in [3.8, 4) is 0 Å². The monoisotopic (exact) mass is 314 g/mol. The molecular weight excluding hydrogens is 296 g/mol. The zero-order chi connectivity index (χ0) is 13.5. The van der Waals surface area contributed by atoms with Gasteiger partial charge in [-0.15, -0.1) is 0 Å². The van der Waals surface area contributed by atoms with Crippen molar-refractivity contribution in [3.63, 3.8) is 0 Å². The Balaban J connectivity index is 2.81. The van der Waals surface area contributed by atoms with Crippen molar-refractivity contribution in [1.82, 2.24) is 0 Å². The number of nitro groups is 1. The Kier molecular flexibility index (Phi) is 6.12. The van der Waals surface area contributed by atoms with Crippen LogP contribution in [-0.2, 0) is 5.33 Å². The number of nitro benzene ring substituents is 1. The zero-order valence-corrected chi connectivity index (χ0v) is 12.4. The van der Waals surface area contributed by atoms with Crippen molar-refractivity contribution >= 4 is 27.3 Å². The Morgan fingerprint density at radius 2 is 2.11 bits per heavy atom. The van der Waals surface area contributed by atoms with Gasteiger partial charge in [-0.05, 0) is 18.6 Å². The fourth-order valence-corrected chi connectivity index (χ4v) is 2.27. The van der Waals surface area contributed by atoms with Gasteiger partial charge in [-0.3, -0.25) is 10.1 Å². The van der Waals surface area contributed by atoms with Crippen molar-refractivity contribution < 1.29 is 4.92 Å². The predicted octanol–water partition coefficient (Wildman–Crippen LogP) is 4.12. The molecule has 0 amide bonds. The van der Waals surface area contributed by atoms with Crippen LogP contribution in [0.1, 0.15) is 31.7 Å². The molecule has 0 N–H and O–H groups in total. The van der Waals surface area contributed by atoms with E-state index in [9.17, 15) is 10.1 Å². The lowest BCUT2D eigenvalue weighted by atomic mass is 10.1. The van der Waals surface area contributed by atoms with Crippen molar-refractivity contribution in [2.45, 2.75) is 31.5 Å². The lowest BCUT2D eigenvalue weighted by molar-refractivity contribution is -0.385. The van der Waals surface area contributed by atoms with Crippen LogP contribution in [0.4, 0.5) is 11.4 Å². The summed E-state index contributed by atoms with van der Waals surface area (Å²) in [5, 5.41) is 11.3. The van der Waals surface area contributed by atoms with Gasteiger partial charge in [0.2, 0.25) is 0 Å². The van der Waals surface area contributed by atoms with Gasteiger partial charge in [0, 0.05) is 36.2 Å². The van der Waals surface area contributed by atoms with E-state index < -0.39 is 0 Å². The lowest BCUT2D eigenvalue weighted by Crippen LogP contribution is -2.18. The maximum Gasteiger partial charge on any atom is 0.273 e. The van der Waals surface area contributed by atoms with Crippen molar-refractivity contribution in [2.75, 3.05) is 18.5 Å². The molecule has 0 aliphatic rings. The van der Waals surface area contributed by atoms with Gasteiger partial charge in [0.1, 0.15) is 0 Å². The summed E-state index contributed by atoms with van der Waals surface area (Å²) in [6.45, 7) is 3.15. The summed E-state index contributed by atoms with van der Waals surface area (Å²) in [5.41, 5.74) is 1.93. The van der Waals surface area contributed by atoms with Gasteiger partial charge in [0.25, 0.3) is 5.69 Å². The molecular formula is C13H19BrN2O2. The third-order valence-corrected chi connectivity index (χ3v) is 3.55. The molecule has 0 saturated carbocycles. The van der Waals surface area contributed by atoms with Gasteiger partial charge >= 0.3 is 0 Å². The number of halogens is 1. The van der Waals surface area contributed by atoms with E-state index >= 15 is 0 Å². The Morgan fingerprint density at radius 1 is 1.39 bits per heavy atom. The number of unbranched alkanes of at least 4 members (excludes halogenated alkanes) is 2. The molecule has 0 aliphatic heterocycles. The standard InChI is InChI=1S/C13H19BrN2O2/c1-3-4-5-8-15(2)12-6-7-13(16(17)18)11(9-12)10-14/h6-7,9H,3-5,8,10H2,1-2H3. The molecule has 0 aliphatic carbocycles. The maximum absolute atomic E-state index is 10.8. The lowest BCUT2D eigenvalue weighted by Gasteiger charge is -2.19. The molecule has 1 aromatic carbocycles. The summed E-state index contributed by atoms with van der Waals surface area (Å²) in [5.74, 6) is 0. The SMILES string of the molecule is CCCCCN(C)c1ccc([N+](=O)[O-])c(CBr)c1. The minimum atomic E-state index is -0.336. The normalized spacial score (nSPS) is 10.4. The van der Waals surface area contributed by atoms with Gasteiger partial charge in [0.15, 0.2) is 0 Å². The zero-order valence-electron chi connectivity index (χ0n) is 10.9. The van der Waals surface area contributed by atoms with Gasteiger partial charge in [-0.1, -0.05) is 35.7 Å². The third kappa shape index (κ3) is 3.98. The predicted molar refractivity (Wildman–Crippen MR) is 78.5 cm³/mol. The topological polar surface area (TPSA) is 46.4 Å². The van der Waals surface area contributed by atoms with Crippen LogP contribution < -0.4 is 4.90 Å². The van der Waals surface area contributed by atoms with E-state index in [0.717, 1.165) is 24.2 Å². The number of rotatable bonds is 7. The van der Waals surface area contributed by atoms with Gasteiger partial charge in [-0.25, -0.2) is 0 Å². The van der Waals surface area contributed by atoms with Crippen LogP contribution in [0, 0.1) is 10.1 Å². The van der Waals surface area contributed by atoms with E-state index in [1.54, 1.807) is 6.07 Å². The quantitative estimate of drug-likeness (QED) is 0.329. The van der Waals surface area contributed by atoms with Crippen LogP contribution in [0.25, 0.3) is 0 Å². The first-order chi connectivity index (χ1) is 8.60. The molecule has 1 rings (SSSR count). The van der Waals surface area contributed by atoms with E-state index in [2.05, 4.69) is 27.8 Å². The molecule has 4 nitrogen and oxygen atoms in total. The fourth-order valence-electron chi connectivity index (χ4n) is 1.82. The second-order valence-corrected chi connectivity index (χ2v) is 4.89. The van der Waals surface area contributed by atoms with Gasteiger partial charge < -0.3 is 4.90 Å². The first kappa shape index (κ1) is 15.0. The molecule has 5 heteroatoms. The second-order valence-electron chi connectivity index (χ2n) is 4.33. The molecule has 0 saturated heterocycles. The van der Waals surface area contributed by atoms with E-state index in [1.807, 2.05) is 19.2 Å². The highest BCUT2D eigenvalue weighted by Crippen LogP contribution is 2.26. The minimum Gasteiger partial charge on any atom is -0.375 e. The molecule has 0 atom stereocenters. The fraction of sp³-hybridized carbons (Fsp3) is 0.538. The van der Waals surface area contributed by atoms with Crippen LogP contribution in [0.3, 0.4) is 0 Å². The summed E-state index contributed by atoms with van der Waals surface area (Å²) in [6, 6.07) is 5.29. The molecule has 0 heterocycles. The molecule has 0 radical (unpaired) electrons. The Hall–Kier alpha value is -1.10. The number of benzene rings is 1. The van der Waals surface area contributed by atoms with Crippen molar-refractivity contribution in [2.24, 2.45) is 0 Å². The summed E-state index contributed by atoms with van der Waals surface area (Å²) < 4.78 is 0. The van der Waals surface area contributed by atoms with E-state index in [0.29, 0.717) is 5.33 Å². The van der Waals surface area contributed by atoms with Crippen molar-refractivity contribution in [3.05, 3.63) is 33.9 Å². The highest BCUT2D eigenvalue weighted by molar-refractivity contribution is 9.08. The number of hydrogen-bond acceptors (Lipinski definition) is 3. The molecule has 0 spiro atoms. The largest absolute Gasteiger partial charge is 0.375 e. The summed E-state index contributed by atoms with van der Waals surface area (Å²) in [4.78, 5) is 12.7. The average molecular weight is 315 g/mol. The van der Waals surface area contributed by atoms with Crippen LogP contribution in [0.15, 0.2) is 18.2 Å². The first-order valence-electron chi connectivity index (χ1n) is 6.14. The van der Waals surface area contributed by atoms with Crippen LogP contribution >= 0.6 is 15.9 Å². The average Bonchev–Trinajstić information content (AvgIpc) is 2.37. The molecule has 100 valence electrons. The molecule has 0 aromatic heterocycles. The van der Waals surface area contributed by atoms with Crippen molar-refractivity contribution in [1.29, 1.82) is 0 Å². The Labute approximate surface area is 116 Å². The highest BCUT2D eigenvalue weighted by atomic mass is 79.9. The number of hydrogen-bond donors (Lipinski definition) is 0. The number of alkyl halides is 1. The highest BCUT2D eigenvalue weighted by Gasteiger charge is 2.14. The van der Waals surface area contributed by atoms with Gasteiger partial charge in [0.05, 0.1) is 4.92 Å². The minimum absolute atomic E-state index is 0.178. The van der Waals surface area contributed by atoms with E-state index in [1.165, 1.54) is 12.8 Å². The Morgan fingerprint density at radius 3 is 2.67 bits per heavy atom. The first-order valence-corrected chi connectivity index (χ1v) is 7.26. The second kappa shape index (κ2) is 7.36. The third-order valence-electron chi connectivity index (χ3n) is 2.94. The molecule has 0 unspecified atom stereocenters. The van der Waals surface area contributed by atoms with Gasteiger partial charge in [-0.2, -0.15) is 0 Å². The molecule has 0 bridgehead atoms. The summed E-state index contributed by atoms with van der Waals surface area (Å²) in [7, 11) is 2.02. The maximum atomic E-state index is 10.8. The van der Waals surface area contributed by atoms with E-state index in [-0.39, 0.29) is 10.6 Å². The van der Waals surface area contributed by atoms with Crippen LogP contribution in [0.2, 0.25) is 0 Å². The number of anilines is 1. The smallest absolute Gasteiger partial charge is 0.273 e. The van der Waals surface area contributed by atoms with Crippen LogP contribution in [-0.4, -0.2) is 18.5 Å². The molecule has 1 aromatic rings. The number of nitrogens with zero attached hydrogens (tertiary/aromatic N) is 2. The van der Waals surface area contributed by atoms with Crippen LogP contribution in [0.5, 0.6) is 0 Å². The Bertz CT molecular complexity index is 410. The summed E-state index contributed by atoms with van der Waals surface area (Å²) >= 11 is 3.30. The molecule has 0 fully saturated rings.